The molecule has 3 N–H and O–H groups in total. The highest BCUT2D eigenvalue weighted by atomic mass is 16.3. The summed E-state index contributed by atoms with van der Waals surface area (Å²) in [7, 11) is 0. The average Bonchev–Trinajstić information content (AvgIpc) is 2.47. The molecule has 22 heavy (non-hydrogen) atoms. The molecule has 2 aromatic carbocycles. The summed E-state index contributed by atoms with van der Waals surface area (Å²) >= 11 is 0. The van der Waals surface area contributed by atoms with Gasteiger partial charge in [0.25, 0.3) is 5.91 Å². The molecule has 0 saturated carbocycles. The number of hydrogen-bond donors (Lipinski definition) is 3. The maximum absolute atomic E-state index is 12.1. The summed E-state index contributed by atoms with van der Waals surface area (Å²) in [5.41, 5.74) is 6.01. The van der Waals surface area contributed by atoms with E-state index in [2.05, 4.69) is 10.5 Å². The quantitative estimate of drug-likeness (QED) is 0.602. The van der Waals surface area contributed by atoms with Gasteiger partial charge in [-0.05, 0) is 56.2 Å². The number of nitrogens with zero attached hydrogens (tertiary/aromatic N) is 1. The van der Waals surface area contributed by atoms with Crippen molar-refractivity contribution in [1.82, 2.24) is 5.43 Å². The molecular weight excluding hydrogens is 280 g/mol. The zero-order valence-corrected chi connectivity index (χ0v) is 12.7. The second-order valence-corrected chi connectivity index (χ2v) is 5.14. The lowest BCUT2D eigenvalue weighted by atomic mass is 10.1. The summed E-state index contributed by atoms with van der Waals surface area (Å²) in [5, 5.41) is 23.0. The van der Waals surface area contributed by atoms with E-state index >= 15 is 0 Å². The first-order valence-electron chi connectivity index (χ1n) is 6.82. The number of rotatable bonds is 3. The van der Waals surface area contributed by atoms with Crippen LogP contribution in [-0.4, -0.2) is 21.8 Å². The lowest BCUT2D eigenvalue weighted by Gasteiger charge is -2.06. The molecule has 0 saturated heterocycles. The maximum Gasteiger partial charge on any atom is 0.271 e. The van der Waals surface area contributed by atoms with E-state index in [0.29, 0.717) is 16.8 Å². The third kappa shape index (κ3) is 3.44. The van der Waals surface area contributed by atoms with Gasteiger partial charge in [0.2, 0.25) is 0 Å². The standard InChI is InChI=1S/C17H18N2O3/c1-10-4-5-13(8-11(10)2)17(22)19-18-12(3)15-7-6-14(20)9-16(15)21/h4-9,20-21H,1-3H3,(H,19,22)/b18-12-. The number of aromatic hydroxyl groups is 2. The fraction of sp³-hybridized carbons (Fsp3) is 0.176. The van der Waals surface area contributed by atoms with Gasteiger partial charge in [0, 0.05) is 17.2 Å². The van der Waals surface area contributed by atoms with E-state index in [1.165, 1.54) is 18.2 Å². The number of amides is 1. The first-order chi connectivity index (χ1) is 10.4. The Bertz CT molecular complexity index is 752. The molecule has 0 heterocycles. The van der Waals surface area contributed by atoms with Crippen LogP contribution in [0.5, 0.6) is 11.5 Å². The van der Waals surface area contributed by atoms with Gasteiger partial charge in [-0.15, -0.1) is 0 Å². The summed E-state index contributed by atoms with van der Waals surface area (Å²) in [6, 6.07) is 9.62. The summed E-state index contributed by atoms with van der Waals surface area (Å²) < 4.78 is 0. The van der Waals surface area contributed by atoms with E-state index in [4.69, 9.17) is 0 Å². The van der Waals surface area contributed by atoms with Crippen molar-refractivity contribution >= 4 is 11.6 Å². The van der Waals surface area contributed by atoms with E-state index in [0.717, 1.165) is 11.1 Å². The van der Waals surface area contributed by atoms with Crippen LogP contribution in [0.25, 0.3) is 0 Å². The fourth-order valence-corrected chi connectivity index (χ4v) is 1.97. The summed E-state index contributed by atoms with van der Waals surface area (Å²) in [6.07, 6.45) is 0. The number of benzene rings is 2. The van der Waals surface area contributed by atoms with Gasteiger partial charge >= 0.3 is 0 Å². The predicted octanol–water partition coefficient (Wildman–Crippen LogP) is 2.87. The van der Waals surface area contributed by atoms with Crippen molar-refractivity contribution in [2.75, 3.05) is 0 Å². The van der Waals surface area contributed by atoms with Gasteiger partial charge < -0.3 is 10.2 Å². The third-order valence-corrected chi connectivity index (χ3v) is 3.47. The molecule has 0 fully saturated rings. The van der Waals surface area contributed by atoms with Gasteiger partial charge in [-0.2, -0.15) is 5.10 Å². The van der Waals surface area contributed by atoms with Crippen LogP contribution in [0.1, 0.15) is 34.0 Å². The molecule has 0 atom stereocenters. The van der Waals surface area contributed by atoms with E-state index in [9.17, 15) is 15.0 Å². The van der Waals surface area contributed by atoms with Crippen molar-refractivity contribution in [3.8, 4) is 11.5 Å². The molecule has 0 spiro atoms. The van der Waals surface area contributed by atoms with Gasteiger partial charge in [-0.1, -0.05) is 6.07 Å². The zero-order chi connectivity index (χ0) is 16.3. The Balaban J connectivity index is 2.16. The van der Waals surface area contributed by atoms with Crippen LogP contribution in [0.4, 0.5) is 0 Å². The Morgan fingerprint density at radius 2 is 1.77 bits per heavy atom. The lowest BCUT2D eigenvalue weighted by Crippen LogP contribution is -2.19. The topological polar surface area (TPSA) is 81.9 Å². The molecule has 114 valence electrons. The van der Waals surface area contributed by atoms with Crippen LogP contribution >= 0.6 is 0 Å². The molecule has 5 heteroatoms. The highest BCUT2D eigenvalue weighted by molar-refractivity contribution is 6.02. The van der Waals surface area contributed by atoms with Crippen LogP contribution in [0.2, 0.25) is 0 Å². The lowest BCUT2D eigenvalue weighted by molar-refractivity contribution is 0.0954. The molecule has 1 amide bonds. The van der Waals surface area contributed by atoms with Crippen molar-refractivity contribution in [3.05, 3.63) is 58.7 Å². The average molecular weight is 298 g/mol. The van der Waals surface area contributed by atoms with Crippen molar-refractivity contribution in [2.45, 2.75) is 20.8 Å². The van der Waals surface area contributed by atoms with Gasteiger partial charge in [0.15, 0.2) is 0 Å². The molecule has 0 aromatic heterocycles. The summed E-state index contributed by atoms with van der Waals surface area (Å²) in [6.45, 7) is 5.58. The number of carbonyl (C=O) groups excluding carboxylic acids is 1. The van der Waals surface area contributed by atoms with Crippen LogP contribution in [0.15, 0.2) is 41.5 Å². The molecular formula is C17H18N2O3. The number of hydrogen-bond acceptors (Lipinski definition) is 4. The molecule has 2 aromatic rings. The van der Waals surface area contributed by atoms with Crippen LogP contribution in [0.3, 0.4) is 0 Å². The first-order valence-corrected chi connectivity index (χ1v) is 6.82. The van der Waals surface area contributed by atoms with Gasteiger partial charge in [0.05, 0.1) is 5.71 Å². The molecule has 0 aliphatic heterocycles. The summed E-state index contributed by atoms with van der Waals surface area (Å²) in [5.74, 6) is -0.449. The van der Waals surface area contributed by atoms with E-state index in [1.54, 1.807) is 19.1 Å². The Labute approximate surface area is 128 Å². The number of aryl methyl sites for hydroxylation is 2. The SMILES string of the molecule is C/C(=N/NC(=O)c1ccc(C)c(C)c1)c1ccc(O)cc1O. The number of phenols is 2. The molecule has 0 unspecified atom stereocenters. The minimum Gasteiger partial charge on any atom is -0.508 e. The predicted molar refractivity (Wildman–Crippen MR) is 85.4 cm³/mol. The Morgan fingerprint density at radius 3 is 2.41 bits per heavy atom. The monoisotopic (exact) mass is 298 g/mol. The zero-order valence-electron chi connectivity index (χ0n) is 12.7. The molecule has 0 aliphatic carbocycles. The van der Waals surface area contributed by atoms with Crippen molar-refractivity contribution < 1.29 is 15.0 Å². The smallest absolute Gasteiger partial charge is 0.271 e. The number of carbonyl (C=O) groups is 1. The Morgan fingerprint density at radius 1 is 1.05 bits per heavy atom. The van der Waals surface area contributed by atoms with Crippen molar-refractivity contribution in [3.63, 3.8) is 0 Å². The fourth-order valence-electron chi connectivity index (χ4n) is 1.97. The number of hydrazone groups is 1. The van der Waals surface area contributed by atoms with Crippen LogP contribution in [0, 0.1) is 13.8 Å². The largest absolute Gasteiger partial charge is 0.508 e. The van der Waals surface area contributed by atoms with Crippen LogP contribution in [-0.2, 0) is 0 Å². The number of nitrogens with one attached hydrogen (secondary N) is 1. The second kappa shape index (κ2) is 6.30. The van der Waals surface area contributed by atoms with E-state index in [1.807, 2.05) is 19.9 Å². The van der Waals surface area contributed by atoms with Gasteiger partial charge in [-0.3, -0.25) is 4.79 Å². The molecule has 0 aliphatic rings. The highest BCUT2D eigenvalue weighted by Crippen LogP contribution is 2.23. The van der Waals surface area contributed by atoms with E-state index < -0.39 is 0 Å². The number of phenolic OH excluding ortho intramolecular Hbond substituents is 2. The highest BCUT2D eigenvalue weighted by Gasteiger charge is 2.08. The normalized spacial score (nSPS) is 11.3. The first kappa shape index (κ1) is 15.6. The molecule has 0 bridgehead atoms. The summed E-state index contributed by atoms with van der Waals surface area (Å²) in [4.78, 5) is 12.1. The van der Waals surface area contributed by atoms with Crippen LogP contribution < -0.4 is 5.43 Å². The van der Waals surface area contributed by atoms with Crippen molar-refractivity contribution in [1.29, 1.82) is 0 Å². The molecule has 5 nitrogen and oxygen atoms in total. The molecule has 2 rings (SSSR count). The second-order valence-electron chi connectivity index (χ2n) is 5.14. The van der Waals surface area contributed by atoms with Gasteiger partial charge in [-0.25, -0.2) is 5.43 Å². The Kier molecular flexibility index (Phi) is 4.46. The van der Waals surface area contributed by atoms with E-state index in [-0.39, 0.29) is 17.4 Å². The Hall–Kier alpha value is -2.82. The maximum atomic E-state index is 12.1. The minimum absolute atomic E-state index is 0.0341. The van der Waals surface area contributed by atoms with Crippen molar-refractivity contribution in [2.24, 2.45) is 5.10 Å². The third-order valence-electron chi connectivity index (χ3n) is 3.47. The molecule has 0 radical (unpaired) electrons. The van der Waals surface area contributed by atoms with Gasteiger partial charge in [0.1, 0.15) is 11.5 Å². The minimum atomic E-state index is -0.319.